The number of hydrogen-bond acceptors (Lipinski definition) is 7. The smallest absolute Gasteiger partial charge is 0.280 e. The number of nitrogens with zero attached hydrogens (tertiary/aromatic N) is 4. The largest absolute Gasteiger partial charge is 0.508 e. The van der Waals surface area contributed by atoms with E-state index >= 15 is 0 Å². The SMILES string of the molecule is O=C(Cc1cccc(O)c1)Nc1ccc2ncn(CC3(O)CCN(C(=O)C4CCCCC4c4ccccc4)CC3)c(=O)c2n1. The van der Waals surface area contributed by atoms with E-state index < -0.39 is 11.2 Å². The zero-order chi connectivity index (χ0) is 30.7. The van der Waals surface area contributed by atoms with Crippen LogP contribution in [-0.4, -0.2) is 60.2 Å². The first-order valence-corrected chi connectivity index (χ1v) is 15.3. The third-order valence-corrected chi connectivity index (χ3v) is 9.00. The molecule has 2 aromatic heterocycles. The van der Waals surface area contributed by atoms with Crippen molar-refractivity contribution in [2.45, 2.75) is 63.0 Å². The lowest BCUT2D eigenvalue weighted by molar-refractivity contribution is -0.142. The van der Waals surface area contributed by atoms with Gasteiger partial charge < -0.3 is 20.4 Å². The van der Waals surface area contributed by atoms with Crippen molar-refractivity contribution in [1.29, 1.82) is 0 Å². The quantitative estimate of drug-likeness (QED) is 0.294. The maximum atomic E-state index is 13.7. The predicted molar refractivity (Wildman–Crippen MR) is 166 cm³/mol. The number of fused-ring (bicyclic) bond motifs is 1. The standard InChI is InChI=1S/C34H37N5O5/c40-25-10-6-7-23(19-25)20-30(41)36-29-14-13-28-31(37-29)33(43)39(22-35-28)21-34(44)15-17-38(18-16-34)32(42)27-12-5-4-11-26(27)24-8-2-1-3-9-24/h1-3,6-10,13-14,19,22,26-27,40,44H,4-5,11-12,15-18,20-21H2,(H,36,37,41). The Balaban J connectivity index is 1.11. The molecule has 1 saturated heterocycles. The van der Waals surface area contributed by atoms with Gasteiger partial charge in [0.2, 0.25) is 11.8 Å². The Bertz CT molecular complexity index is 1710. The van der Waals surface area contributed by atoms with Gasteiger partial charge in [0, 0.05) is 19.0 Å². The highest BCUT2D eigenvalue weighted by molar-refractivity contribution is 5.92. The number of pyridine rings is 1. The molecule has 2 aliphatic rings. The minimum absolute atomic E-state index is 0.0304. The van der Waals surface area contributed by atoms with Crippen LogP contribution < -0.4 is 10.9 Å². The van der Waals surface area contributed by atoms with Gasteiger partial charge in [0.05, 0.1) is 30.4 Å². The molecule has 10 nitrogen and oxygen atoms in total. The molecule has 1 aliphatic carbocycles. The van der Waals surface area contributed by atoms with Gasteiger partial charge in [0.25, 0.3) is 5.56 Å². The van der Waals surface area contributed by atoms with Crippen LogP contribution in [0.3, 0.4) is 0 Å². The molecule has 6 rings (SSSR count). The van der Waals surface area contributed by atoms with Crippen LogP contribution in [-0.2, 0) is 22.6 Å². The first-order valence-electron chi connectivity index (χ1n) is 15.3. The maximum absolute atomic E-state index is 13.7. The fourth-order valence-electron chi connectivity index (χ4n) is 6.63. The minimum Gasteiger partial charge on any atom is -0.508 e. The van der Waals surface area contributed by atoms with E-state index in [0.29, 0.717) is 37.0 Å². The summed E-state index contributed by atoms with van der Waals surface area (Å²) in [4.78, 5) is 50.2. The molecule has 2 unspecified atom stereocenters. The highest BCUT2D eigenvalue weighted by Crippen LogP contribution is 2.39. The molecule has 2 atom stereocenters. The molecule has 2 amide bonds. The van der Waals surface area contributed by atoms with E-state index in [4.69, 9.17) is 0 Å². The predicted octanol–water partition coefficient (Wildman–Crippen LogP) is 4.01. The molecule has 228 valence electrons. The Morgan fingerprint density at radius 1 is 0.977 bits per heavy atom. The number of aromatic hydroxyl groups is 1. The average Bonchev–Trinajstić information content (AvgIpc) is 3.03. The van der Waals surface area contributed by atoms with Crippen molar-refractivity contribution >= 4 is 28.7 Å². The van der Waals surface area contributed by atoms with Crippen molar-refractivity contribution < 1.29 is 19.8 Å². The number of nitrogens with one attached hydrogen (secondary N) is 1. The molecule has 0 spiro atoms. The van der Waals surface area contributed by atoms with Gasteiger partial charge in [-0.25, -0.2) is 9.97 Å². The van der Waals surface area contributed by atoms with Crippen LogP contribution in [0, 0.1) is 5.92 Å². The van der Waals surface area contributed by atoms with Crippen LogP contribution in [0.4, 0.5) is 5.82 Å². The van der Waals surface area contributed by atoms with E-state index in [1.54, 1.807) is 24.3 Å². The molecule has 2 aromatic carbocycles. The van der Waals surface area contributed by atoms with Gasteiger partial charge in [0.15, 0.2) is 5.52 Å². The lowest BCUT2D eigenvalue weighted by atomic mass is 9.74. The lowest BCUT2D eigenvalue weighted by Gasteiger charge is -2.41. The molecule has 3 N–H and O–H groups in total. The van der Waals surface area contributed by atoms with E-state index in [0.717, 1.165) is 25.7 Å². The number of phenolic OH excluding ortho intramolecular Hbond substituents is 1. The molecule has 2 fully saturated rings. The number of aromatic nitrogens is 3. The third kappa shape index (κ3) is 6.50. The van der Waals surface area contributed by atoms with Gasteiger partial charge >= 0.3 is 0 Å². The minimum atomic E-state index is -1.17. The van der Waals surface area contributed by atoms with E-state index in [-0.39, 0.29) is 53.7 Å². The second-order valence-electron chi connectivity index (χ2n) is 12.1. The normalized spacial score (nSPS) is 19.9. The van der Waals surface area contributed by atoms with Crippen molar-refractivity contribution in [2.24, 2.45) is 5.92 Å². The summed E-state index contributed by atoms with van der Waals surface area (Å²) >= 11 is 0. The molecule has 1 saturated carbocycles. The Labute approximate surface area is 255 Å². The number of hydrogen-bond donors (Lipinski definition) is 3. The number of carbonyl (C=O) groups is 2. The van der Waals surface area contributed by atoms with E-state index in [1.807, 2.05) is 23.1 Å². The zero-order valence-corrected chi connectivity index (χ0v) is 24.6. The summed E-state index contributed by atoms with van der Waals surface area (Å²) in [6.45, 7) is 0.885. The maximum Gasteiger partial charge on any atom is 0.280 e. The fourth-order valence-corrected chi connectivity index (χ4v) is 6.63. The summed E-state index contributed by atoms with van der Waals surface area (Å²) in [6.07, 6.45) is 6.20. The van der Waals surface area contributed by atoms with Gasteiger partial charge in [-0.05, 0) is 67.0 Å². The molecule has 44 heavy (non-hydrogen) atoms. The number of benzene rings is 2. The number of rotatable bonds is 7. The van der Waals surface area contributed by atoms with Gasteiger partial charge in [-0.2, -0.15) is 0 Å². The summed E-state index contributed by atoms with van der Waals surface area (Å²) < 4.78 is 1.36. The van der Waals surface area contributed by atoms with Gasteiger partial charge in [-0.15, -0.1) is 0 Å². The van der Waals surface area contributed by atoms with Gasteiger partial charge in [-0.3, -0.25) is 19.0 Å². The molecule has 10 heteroatoms. The summed E-state index contributed by atoms with van der Waals surface area (Å²) in [7, 11) is 0. The Hall–Kier alpha value is -4.57. The van der Waals surface area contributed by atoms with Crippen molar-refractivity contribution in [3.05, 3.63) is 94.5 Å². The molecular formula is C34H37N5O5. The number of phenols is 1. The molecule has 0 bridgehead atoms. The molecule has 1 aliphatic heterocycles. The number of piperidine rings is 1. The summed E-state index contributed by atoms with van der Waals surface area (Å²) in [5.74, 6) is 0.269. The number of aliphatic hydroxyl groups is 1. The van der Waals surface area contributed by atoms with E-state index in [1.165, 1.54) is 28.6 Å². The number of anilines is 1. The zero-order valence-electron chi connectivity index (χ0n) is 24.6. The summed E-state index contributed by atoms with van der Waals surface area (Å²) in [5.41, 5.74) is 0.735. The Kier molecular flexibility index (Phi) is 8.43. The van der Waals surface area contributed by atoms with Crippen molar-refractivity contribution in [3.8, 4) is 5.75 Å². The molecule has 0 radical (unpaired) electrons. The van der Waals surface area contributed by atoms with Crippen molar-refractivity contribution in [1.82, 2.24) is 19.4 Å². The van der Waals surface area contributed by atoms with Crippen molar-refractivity contribution in [3.63, 3.8) is 0 Å². The molecular weight excluding hydrogens is 558 g/mol. The first kappa shape index (κ1) is 29.5. The van der Waals surface area contributed by atoms with E-state index in [9.17, 15) is 24.6 Å². The molecule has 3 heterocycles. The first-order chi connectivity index (χ1) is 21.3. The van der Waals surface area contributed by atoms with Crippen LogP contribution >= 0.6 is 0 Å². The fraction of sp³-hybridized carbons (Fsp3) is 0.382. The summed E-state index contributed by atoms with van der Waals surface area (Å²) in [6, 6.07) is 19.9. The lowest BCUT2D eigenvalue weighted by Crippen LogP contribution is -2.51. The third-order valence-electron chi connectivity index (χ3n) is 9.00. The summed E-state index contributed by atoms with van der Waals surface area (Å²) in [5, 5.41) is 23.8. The van der Waals surface area contributed by atoms with Crippen LogP contribution in [0.5, 0.6) is 5.75 Å². The second kappa shape index (κ2) is 12.6. The highest BCUT2D eigenvalue weighted by atomic mass is 16.3. The van der Waals surface area contributed by atoms with Crippen LogP contribution in [0.25, 0.3) is 11.0 Å². The van der Waals surface area contributed by atoms with Crippen LogP contribution in [0.1, 0.15) is 55.6 Å². The van der Waals surface area contributed by atoms with Gasteiger partial charge in [0.1, 0.15) is 11.6 Å². The monoisotopic (exact) mass is 595 g/mol. The van der Waals surface area contributed by atoms with E-state index in [2.05, 4.69) is 27.4 Å². The van der Waals surface area contributed by atoms with Crippen LogP contribution in [0.15, 0.2) is 77.9 Å². The Morgan fingerprint density at radius 3 is 2.52 bits per heavy atom. The highest BCUT2D eigenvalue weighted by Gasteiger charge is 2.39. The van der Waals surface area contributed by atoms with Crippen molar-refractivity contribution in [2.75, 3.05) is 18.4 Å². The number of amides is 2. The van der Waals surface area contributed by atoms with Crippen LogP contribution in [0.2, 0.25) is 0 Å². The average molecular weight is 596 g/mol. The topological polar surface area (TPSA) is 138 Å². The Morgan fingerprint density at radius 2 is 1.75 bits per heavy atom. The second-order valence-corrected chi connectivity index (χ2v) is 12.1. The van der Waals surface area contributed by atoms with Gasteiger partial charge in [-0.1, -0.05) is 55.3 Å². The molecule has 4 aromatic rings. The number of likely N-dealkylation sites (tertiary alicyclic amines) is 1. The number of carbonyl (C=O) groups excluding carboxylic acids is 2.